The molecule has 0 radical (unpaired) electrons. The lowest BCUT2D eigenvalue weighted by molar-refractivity contribution is 0.120. The van der Waals surface area contributed by atoms with Gasteiger partial charge in [-0.3, -0.25) is 4.90 Å². The first-order chi connectivity index (χ1) is 11.0. The third-order valence-corrected chi connectivity index (χ3v) is 4.90. The minimum Gasteiger partial charge on any atom is -0.492 e. The van der Waals surface area contributed by atoms with E-state index in [1.165, 1.54) is 43.9 Å². The van der Waals surface area contributed by atoms with Crippen molar-refractivity contribution in [2.45, 2.75) is 46.5 Å². The molecule has 0 atom stereocenters. The molecule has 1 aliphatic rings. The predicted octanol–water partition coefficient (Wildman–Crippen LogP) is 3.95. The standard InChI is InChI=1S/C20H34N2O/c1-6-21-9-11-22(12-10-21)13-14-23-20-8-7-18(16(2)3)15-19(20)17(4)5/h7-8,15-17H,6,9-14H2,1-5H3. The molecule has 1 aromatic rings. The normalized spacial score (nSPS) is 17.2. The van der Waals surface area contributed by atoms with Crippen LogP contribution >= 0.6 is 0 Å². The topological polar surface area (TPSA) is 15.7 Å². The van der Waals surface area contributed by atoms with Crippen LogP contribution < -0.4 is 4.74 Å². The number of ether oxygens (including phenoxy) is 1. The first-order valence-corrected chi connectivity index (χ1v) is 9.22. The van der Waals surface area contributed by atoms with E-state index < -0.39 is 0 Å². The highest BCUT2D eigenvalue weighted by atomic mass is 16.5. The van der Waals surface area contributed by atoms with E-state index in [2.05, 4.69) is 62.6 Å². The summed E-state index contributed by atoms with van der Waals surface area (Å²) in [5.74, 6) is 2.13. The molecule has 1 saturated heterocycles. The van der Waals surface area contributed by atoms with Gasteiger partial charge in [0.05, 0.1) is 0 Å². The summed E-state index contributed by atoms with van der Waals surface area (Å²) < 4.78 is 6.13. The maximum atomic E-state index is 6.13. The zero-order valence-corrected chi connectivity index (χ0v) is 15.6. The van der Waals surface area contributed by atoms with E-state index in [0.29, 0.717) is 11.8 Å². The van der Waals surface area contributed by atoms with Gasteiger partial charge in [-0.2, -0.15) is 0 Å². The van der Waals surface area contributed by atoms with Gasteiger partial charge in [0.1, 0.15) is 12.4 Å². The summed E-state index contributed by atoms with van der Waals surface area (Å²) in [6.45, 7) is 18.9. The van der Waals surface area contributed by atoms with E-state index in [9.17, 15) is 0 Å². The third kappa shape index (κ3) is 5.22. The van der Waals surface area contributed by atoms with Gasteiger partial charge in [0.15, 0.2) is 0 Å². The molecular formula is C20H34N2O. The molecule has 0 amide bonds. The number of likely N-dealkylation sites (N-methyl/N-ethyl adjacent to an activating group) is 1. The summed E-state index contributed by atoms with van der Waals surface area (Å²) in [5, 5.41) is 0. The smallest absolute Gasteiger partial charge is 0.122 e. The SMILES string of the molecule is CCN1CCN(CCOc2ccc(C(C)C)cc2C(C)C)CC1. The fourth-order valence-electron chi connectivity index (χ4n) is 3.12. The van der Waals surface area contributed by atoms with Crippen LogP contribution in [0.15, 0.2) is 18.2 Å². The molecule has 2 rings (SSSR count). The molecule has 0 bridgehead atoms. The molecule has 0 aliphatic carbocycles. The molecule has 0 saturated carbocycles. The number of nitrogens with zero attached hydrogens (tertiary/aromatic N) is 2. The number of piperazine rings is 1. The van der Waals surface area contributed by atoms with Crippen LogP contribution in [-0.4, -0.2) is 55.7 Å². The van der Waals surface area contributed by atoms with Crippen LogP contribution in [0.25, 0.3) is 0 Å². The highest BCUT2D eigenvalue weighted by Gasteiger charge is 2.16. The van der Waals surface area contributed by atoms with Crippen molar-refractivity contribution < 1.29 is 4.74 Å². The van der Waals surface area contributed by atoms with Crippen molar-refractivity contribution in [1.29, 1.82) is 0 Å². The fraction of sp³-hybridized carbons (Fsp3) is 0.700. The first-order valence-electron chi connectivity index (χ1n) is 9.22. The maximum Gasteiger partial charge on any atom is 0.122 e. The highest BCUT2D eigenvalue weighted by molar-refractivity contribution is 5.40. The summed E-state index contributed by atoms with van der Waals surface area (Å²) in [4.78, 5) is 5.03. The van der Waals surface area contributed by atoms with Gasteiger partial charge in [0.2, 0.25) is 0 Å². The zero-order valence-electron chi connectivity index (χ0n) is 15.6. The van der Waals surface area contributed by atoms with Crippen molar-refractivity contribution in [3.63, 3.8) is 0 Å². The summed E-state index contributed by atoms with van der Waals surface area (Å²) in [6.07, 6.45) is 0. The molecule has 1 aliphatic heterocycles. The molecule has 0 unspecified atom stereocenters. The Hall–Kier alpha value is -1.06. The minimum atomic E-state index is 0.497. The van der Waals surface area contributed by atoms with E-state index in [1.807, 2.05) is 0 Å². The van der Waals surface area contributed by atoms with Crippen LogP contribution in [0.5, 0.6) is 5.75 Å². The summed E-state index contributed by atoms with van der Waals surface area (Å²) in [6, 6.07) is 6.70. The Labute approximate surface area is 142 Å². The van der Waals surface area contributed by atoms with Crippen molar-refractivity contribution in [2.24, 2.45) is 0 Å². The van der Waals surface area contributed by atoms with Gasteiger partial charge in [-0.1, -0.05) is 46.8 Å². The number of hydrogen-bond acceptors (Lipinski definition) is 3. The van der Waals surface area contributed by atoms with Crippen LogP contribution in [0.3, 0.4) is 0 Å². The lowest BCUT2D eigenvalue weighted by Crippen LogP contribution is -2.47. The Balaban J connectivity index is 1.88. The van der Waals surface area contributed by atoms with Crippen molar-refractivity contribution in [3.8, 4) is 5.75 Å². The third-order valence-electron chi connectivity index (χ3n) is 4.90. The fourth-order valence-corrected chi connectivity index (χ4v) is 3.12. The lowest BCUT2D eigenvalue weighted by atomic mass is 9.95. The second kappa shape index (κ2) is 8.70. The molecule has 130 valence electrons. The molecule has 3 nitrogen and oxygen atoms in total. The van der Waals surface area contributed by atoms with Crippen LogP contribution in [-0.2, 0) is 0 Å². The largest absolute Gasteiger partial charge is 0.492 e. The lowest BCUT2D eigenvalue weighted by Gasteiger charge is -2.33. The van der Waals surface area contributed by atoms with Crippen LogP contribution in [0.1, 0.15) is 57.6 Å². The summed E-state index contributed by atoms with van der Waals surface area (Å²) in [5.41, 5.74) is 2.74. The van der Waals surface area contributed by atoms with Gasteiger partial charge in [-0.05, 0) is 35.6 Å². The van der Waals surface area contributed by atoms with Gasteiger partial charge in [0.25, 0.3) is 0 Å². The van der Waals surface area contributed by atoms with Gasteiger partial charge in [-0.25, -0.2) is 0 Å². The van der Waals surface area contributed by atoms with Gasteiger partial charge in [-0.15, -0.1) is 0 Å². The van der Waals surface area contributed by atoms with Crippen molar-refractivity contribution in [3.05, 3.63) is 29.3 Å². The molecule has 1 aromatic carbocycles. The predicted molar refractivity (Wildman–Crippen MR) is 98.7 cm³/mol. The van der Waals surface area contributed by atoms with Gasteiger partial charge >= 0.3 is 0 Å². The molecular weight excluding hydrogens is 284 g/mol. The molecule has 3 heteroatoms. The van der Waals surface area contributed by atoms with E-state index in [1.54, 1.807) is 0 Å². The first kappa shape index (κ1) is 18.3. The van der Waals surface area contributed by atoms with E-state index in [4.69, 9.17) is 4.74 Å². The highest BCUT2D eigenvalue weighted by Crippen LogP contribution is 2.30. The average Bonchev–Trinajstić information content (AvgIpc) is 2.55. The number of hydrogen-bond donors (Lipinski definition) is 0. The molecule has 0 N–H and O–H groups in total. The van der Waals surface area contributed by atoms with Crippen molar-refractivity contribution in [1.82, 2.24) is 9.80 Å². The van der Waals surface area contributed by atoms with Crippen LogP contribution in [0.4, 0.5) is 0 Å². The van der Waals surface area contributed by atoms with E-state index in [-0.39, 0.29) is 0 Å². The average molecular weight is 319 g/mol. The van der Waals surface area contributed by atoms with Crippen molar-refractivity contribution in [2.75, 3.05) is 45.9 Å². The van der Waals surface area contributed by atoms with Gasteiger partial charge < -0.3 is 9.64 Å². The number of benzene rings is 1. The van der Waals surface area contributed by atoms with Gasteiger partial charge in [0, 0.05) is 32.7 Å². The second-order valence-electron chi connectivity index (χ2n) is 7.23. The second-order valence-corrected chi connectivity index (χ2v) is 7.23. The van der Waals surface area contributed by atoms with E-state index >= 15 is 0 Å². The number of rotatable bonds is 7. The summed E-state index contributed by atoms with van der Waals surface area (Å²) in [7, 11) is 0. The zero-order chi connectivity index (χ0) is 16.8. The minimum absolute atomic E-state index is 0.497. The molecule has 0 aromatic heterocycles. The molecule has 0 spiro atoms. The Morgan fingerprint density at radius 2 is 1.61 bits per heavy atom. The van der Waals surface area contributed by atoms with Crippen LogP contribution in [0, 0.1) is 0 Å². The molecule has 1 heterocycles. The summed E-state index contributed by atoms with van der Waals surface area (Å²) >= 11 is 0. The van der Waals surface area contributed by atoms with Crippen molar-refractivity contribution >= 4 is 0 Å². The monoisotopic (exact) mass is 318 g/mol. The Morgan fingerprint density at radius 3 is 2.17 bits per heavy atom. The molecule has 23 heavy (non-hydrogen) atoms. The quantitative estimate of drug-likeness (QED) is 0.757. The van der Waals surface area contributed by atoms with Crippen LogP contribution in [0.2, 0.25) is 0 Å². The Bertz CT molecular complexity index is 477. The Morgan fingerprint density at radius 1 is 0.957 bits per heavy atom. The van der Waals surface area contributed by atoms with E-state index in [0.717, 1.165) is 18.9 Å². The molecule has 1 fully saturated rings. The Kier molecular flexibility index (Phi) is 6.91. The maximum absolute atomic E-state index is 6.13.